The van der Waals surface area contributed by atoms with E-state index in [1.807, 2.05) is 13.8 Å². The Morgan fingerprint density at radius 2 is 1.90 bits per heavy atom. The van der Waals surface area contributed by atoms with Gasteiger partial charge in [-0.25, -0.2) is 8.42 Å². The fraction of sp³-hybridized carbons (Fsp3) is 0.562. The maximum Gasteiger partial charge on any atom is 0.243 e. The van der Waals surface area contributed by atoms with Crippen molar-refractivity contribution in [2.75, 3.05) is 6.54 Å². The zero-order valence-electron chi connectivity index (χ0n) is 12.7. The molecule has 1 aromatic carbocycles. The zero-order valence-corrected chi connectivity index (χ0v) is 13.5. The lowest BCUT2D eigenvalue weighted by molar-refractivity contribution is 0.0981. The van der Waals surface area contributed by atoms with Gasteiger partial charge >= 0.3 is 0 Å². The van der Waals surface area contributed by atoms with E-state index in [0.717, 1.165) is 25.7 Å². The Morgan fingerprint density at radius 3 is 2.48 bits per heavy atom. The van der Waals surface area contributed by atoms with Crippen molar-refractivity contribution in [2.45, 2.75) is 56.9 Å². The highest BCUT2D eigenvalue weighted by atomic mass is 32.2. The molecule has 116 valence electrons. The summed E-state index contributed by atoms with van der Waals surface area (Å²) in [4.78, 5) is 12.1. The topological polar surface area (TPSA) is 54.5 Å². The molecule has 1 unspecified atom stereocenters. The highest BCUT2D eigenvalue weighted by Gasteiger charge is 2.30. The van der Waals surface area contributed by atoms with Crippen LogP contribution in [0.15, 0.2) is 29.2 Å². The molecule has 1 heterocycles. The van der Waals surface area contributed by atoms with Gasteiger partial charge in [-0.1, -0.05) is 25.5 Å². The number of Topliss-reactive ketones (excluding diaryl/α,β-unsaturated/α-hetero) is 1. The Balaban J connectivity index is 2.22. The van der Waals surface area contributed by atoms with E-state index in [0.29, 0.717) is 18.5 Å². The summed E-state index contributed by atoms with van der Waals surface area (Å²) in [5.41, 5.74) is 0.586. The number of rotatable bonds is 5. The minimum absolute atomic E-state index is 0.0464. The third-order valence-corrected chi connectivity index (χ3v) is 6.03. The van der Waals surface area contributed by atoms with E-state index in [1.54, 1.807) is 28.6 Å². The Kier molecular flexibility index (Phi) is 5.17. The fourth-order valence-corrected chi connectivity index (χ4v) is 4.45. The molecule has 1 fully saturated rings. The number of ketones is 1. The van der Waals surface area contributed by atoms with Crippen LogP contribution in [0.2, 0.25) is 0 Å². The summed E-state index contributed by atoms with van der Waals surface area (Å²) in [6.45, 7) is 4.49. The molecule has 1 aliphatic heterocycles. The van der Waals surface area contributed by atoms with Gasteiger partial charge in [-0.05, 0) is 38.3 Å². The Hall–Kier alpha value is -1.20. The van der Waals surface area contributed by atoms with E-state index >= 15 is 0 Å². The molecule has 1 aromatic rings. The second-order valence-electron chi connectivity index (χ2n) is 5.66. The number of nitrogens with zero attached hydrogens (tertiary/aromatic N) is 1. The van der Waals surface area contributed by atoms with Crippen molar-refractivity contribution >= 4 is 15.8 Å². The van der Waals surface area contributed by atoms with Gasteiger partial charge in [0.05, 0.1) is 4.90 Å². The third kappa shape index (κ3) is 3.52. The van der Waals surface area contributed by atoms with Gasteiger partial charge in [0.1, 0.15) is 0 Å². The second kappa shape index (κ2) is 6.71. The van der Waals surface area contributed by atoms with E-state index in [4.69, 9.17) is 0 Å². The zero-order chi connectivity index (χ0) is 15.5. The van der Waals surface area contributed by atoms with Crippen LogP contribution < -0.4 is 0 Å². The molecule has 1 atom stereocenters. The summed E-state index contributed by atoms with van der Waals surface area (Å²) in [6, 6.07) is 6.41. The number of hydrogen-bond acceptors (Lipinski definition) is 3. The minimum Gasteiger partial charge on any atom is -0.294 e. The van der Waals surface area contributed by atoms with Crippen LogP contribution in [-0.2, 0) is 10.0 Å². The van der Waals surface area contributed by atoms with Crippen LogP contribution in [0.5, 0.6) is 0 Å². The van der Waals surface area contributed by atoms with Crippen molar-refractivity contribution in [1.29, 1.82) is 0 Å². The molecule has 0 saturated carbocycles. The van der Waals surface area contributed by atoms with E-state index in [1.165, 1.54) is 0 Å². The smallest absolute Gasteiger partial charge is 0.243 e. The first-order valence-corrected chi connectivity index (χ1v) is 9.06. The van der Waals surface area contributed by atoms with Crippen LogP contribution in [0, 0.1) is 0 Å². The molecule has 0 spiro atoms. The maximum atomic E-state index is 12.6. The van der Waals surface area contributed by atoms with Gasteiger partial charge in [-0.3, -0.25) is 4.79 Å². The number of carbonyl (C=O) groups excluding carboxylic acids is 1. The molecule has 1 aliphatic rings. The SMILES string of the molecule is CCCC(=O)c1ccc(S(=O)(=O)N2CCCCC2C)cc1. The molecule has 0 aliphatic carbocycles. The molecule has 0 aromatic heterocycles. The van der Waals surface area contributed by atoms with Gasteiger partial charge in [0.25, 0.3) is 0 Å². The lowest BCUT2D eigenvalue weighted by atomic mass is 10.1. The first kappa shape index (κ1) is 16.2. The second-order valence-corrected chi connectivity index (χ2v) is 7.55. The van der Waals surface area contributed by atoms with E-state index in [2.05, 4.69) is 0 Å². The molecule has 21 heavy (non-hydrogen) atoms. The van der Waals surface area contributed by atoms with Crippen LogP contribution in [0.3, 0.4) is 0 Å². The predicted octanol–water partition coefficient (Wildman–Crippen LogP) is 3.23. The van der Waals surface area contributed by atoms with Crippen molar-refractivity contribution in [1.82, 2.24) is 4.31 Å². The molecule has 0 N–H and O–H groups in total. The van der Waals surface area contributed by atoms with Crippen molar-refractivity contribution in [3.05, 3.63) is 29.8 Å². The van der Waals surface area contributed by atoms with E-state index in [-0.39, 0.29) is 16.7 Å². The fourth-order valence-electron chi connectivity index (χ4n) is 2.75. The molecular weight excluding hydrogens is 286 g/mol. The average Bonchev–Trinajstić information content (AvgIpc) is 2.48. The van der Waals surface area contributed by atoms with Crippen molar-refractivity contribution in [2.24, 2.45) is 0 Å². The number of hydrogen-bond donors (Lipinski definition) is 0. The number of carbonyl (C=O) groups is 1. The summed E-state index contributed by atoms with van der Waals surface area (Å²) in [5, 5.41) is 0. The summed E-state index contributed by atoms with van der Waals surface area (Å²) >= 11 is 0. The quantitative estimate of drug-likeness (QED) is 0.785. The molecule has 1 saturated heterocycles. The highest BCUT2D eigenvalue weighted by molar-refractivity contribution is 7.89. The Labute approximate surface area is 127 Å². The molecular formula is C16H23NO3S. The maximum absolute atomic E-state index is 12.6. The Morgan fingerprint density at radius 1 is 1.24 bits per heavy atom. The van der Waals surface area contributed by atoms with Crippen LogP contribution in [0.4, 0.5) is 0 Å². The summed E-state index contributed by atoms with van der Waals surface area (Å²) < 4.78 is 26.9. The van der Waals surface area contributed by atoms with Gasteiger partial charge in [0.2, 0.25) is 10.0 Å². The van der Waals surface area contributed by atoms with E-state index < -0.39 is 10.0 Å². The third-order valence-electron chi connectivity index (χ3n) is 4.00. The first-order valence-electron chi connectivity index (χ1n) is 7.62. The van der Waals surface area contributed by atoms with Gasteiger partial charge < -0.3 is 0 Å². The van der Waals surface area contributed by atoms with Crippen molar-refractivity contribution in [3.8, 4) is 0 Å². The lowest BCUT2D eigenvalue weighted by Gasteiger charge is -2.32. The van der Waals surface area contributed by atoms with Gasteiger partial charge in [-0.2, -0.15) is 4.31 Å². The van der Waals surface area contributed by atoms with E-state index in [9.17, 15) is 13.2 Å². The normalized spacial score (nSPS) is 20.4. The van der Waals surface area contributed by atoms with Gasteiger partial charge in [-0.15, -0.1) is 0 Å². The predicted molar refractivity (Wildman–Crippen MR) is 82.9 cm³/mol. The average molecular weight is 309 g/mol. The summed E-state index contributed by atoms with van der Waals surface area (Å²) in [6.07, 6.45) is 4.19. The number of piperidine rings is 1. The number of sulfonamides is 1. The van der Waals surface area contributed by atoms with Crippen LogP contribution in [-0.4, -0.2) is 31.1 Å². The summed E-state index contributed by atoms with van der Waals surface area (Å²) in [5.74, 6) is 0.0628. The highest BCUT2D eigenvalue weighted by Crippen LogP contribution is 2.25. The van der Waals surface area contributed by atoms with Gasteiger partial charge in [0, 0.05) is 24.6 Å². The summed E-state index contributed by atoms with van der Waals surface area (Å²) in [7, 11) is -3.44. The van der Waals surface area contributed by atoms with Crippen LogP contribution in [0.1, 0.15) is 56.3 Å². The van der Waals surface area contributed by atoms with Gasteiger partial charge in [0.15, 0.2) is 5.78 Å². The standard InChI is InChI=1S/C16H23NO3S/c1-3-6-16(18)14-8-10-15(11-9-14)21(19,20)17-12-5-4-7-13(17)2/h8-11,13H,3-7,12H2,1-2H3. The monoisotopic (exact) mass is 309 g/mol. The molecule has 2 rings (SSSR count). The largest absolute Gasteiger partial charge is 0.294 e. The van der Waals surface area contributed by atoms with Crippen molar-refractivity contribution < 1.29 is 13.2 Å². The lowest BCUT2D eigenvalue weighted by Crippen LogP contribution is -2.41. The molecule has 5 heteroatoms. The molecule has 0 radical (unpaired) electrons. The minimum atomic E-state index is -3.44. The molecule has 0 amide bonds. The molecule has 0 bridgehead atoms. The first-order chi connectivity index (χ1) is 9.96. The van der Waals surface area contributed by atoms with Crippen LogP contribution >= 0.6 is 0 Å². The Bertz CT molecular complexity index is 592. The number of benzene rings is 1. The van der Waals surface area contributed by atoms with Crippen LogP contribution in [0.25, 0.3) is 0 Å². The molecule has 4 nitrogen and oxygen atoms in total. The van der Waals surface area contributed by atoms with Crippen molar-refractivity contribution in [3.63, 3.8) is 0 Å².